The van der Waals surface area contributed by atoms with Crippen molar-refractivity contribution in [2.24, 2.45) is 0 Å². The fourth-order valence-corrected chi connectivity index (χ4v) is 5.68. The van der Waals surface area contributed by atoms with Crippen molar-refractivity contribution in [2.45, 2.75) is 37.0 Å². The van der Waals surface area contributed by atoms with E-state index in [0.29, 0.717) is 32.7 Å². The first-order chi connectivity index (χ1) is 10.6. The van der Waals surface area contributed by atoms with E-state index < -0.39 is 10.0 Å². The molecule has 0 aromatic carbocycles. The number of piperazine rings is 1. The summed E-state index contributed by atoms with van der Waals surface area (Å²) in [6.07, 6.45) is 3.39. The molecule has 0 bridgehead atoms. The van der Waals surface area contributed by atoms with E-state index in [1.165, 1.54) is 0 Å². The van der Waals surface area contributed by atoms with Gasteiger partial charge in [0.1, 0.15) is 0 Å². The third-order valence-corrected chi connectivity index (χ3v) is 7.26. The SMILES string of the molecule is O=C1CNCCN1C1CCCN(S(=O)(=O)C2CCCNC2)C1. The van der Waals surface area contributed by atoms with Crippen LogP contribution in [0, 0.1) is 0 Å². The van der Waals surface area contributed by atoms with Gasteiger partial charge >= 0.3 is 0 Å². The molecule has 0 saturated carbocycles. The Labute approximate surface area is 132 Å². The van der Waals surface area contributed by atoms with Crippen LogP contribution < -0.4 is 10.6 Å². The molecule has 1 amide bonds. The summed E-state index contributed by atoms with van der Waals surface area (Å²) in [5.74, 6) is 0.0924. The summed E-state index contributed by atoms with van der Waals surface area (Å²) in [4.78, 5) is 13.9. The number of carbonyl (C=O) groups is 1. The summed E-state index contributed by atoms with van der Waals surface area (Å²) < 4.78 is 27.3. The molecular weight excluding hydrogens is 304 g/mol. The van der Waals surface area contributed by atoms with Gasteiger partial charge in [0.05, 0.1) is 11.8 Å². The lowest BCUT2D eigenvalue weighted by Crippen LogP contribution is -2.58. The molecule has 3 saturated heterocycles. The molecule has 0 aromatic rings. The topological polar surface area (TPSA) is 81.8 Å². The molecule has 8 heteroatoms. The molecule has 3 fully saturated rings. The maximum absolute atomic E-state index is 12.8. The largest absolute Gasteiger partial charge is 0.336 e. The molecule has 2 atom stereocenters. The standard InChI is InChI=1S/C14H26N4O3S/c19-14-10-16-6-8-18(14)12-3-2-7-17(11-12)22(20,21)13-4-1-5-15-9-13/h12-13,15-16H,1-11H2. The van der Waals surface area contributed by atoms with Gasteiger partial charge in [-0.1, -0.05) is 0 Å². The maximum Gasteiger partial charge on any atom is 0.236 e. The Balaban J connectivity index is 1.68. The third-order valence-electron chi connectivity index (χ3n) is 4.96. The predicted octanol–water partition coefficient (Wildman–Crippen LogP) is -1.04. The molecule has 3 rings (SSSR count). The molecule has 22 heavy (non-hydrogen) atoms. The van der Waals surface area contributed by atoms with E-state index in [-0.39, 0.29) is 17.2 Å². The van der Waals surface area contributed by atoms with Crippen molar-refractivity contribution in [1.82, 2.24) is 19.8 Å². The minimum atomic E-state index is -3.26. The Hall–Kier alpha value is -0.700. The van der Waals surface area contributed by atoms with Gasteiger partial charge in [-0.2, -0.15) is 4.31 Å². The fraction of sp³-hybridized carbons (Fsp3) is 0.929. The molecular formula is C14H26N4O3S. The average Bonchev–Trinajstić information content (AvgIpc) is 2.56. The Morgan fingerprint density at radius 2 is 1.91 bits per heavy atom. The number of hydrogen-bond donors (Lipinski definition) is 2. The first-order valence-electron chi connectivity index (χ1n) is 8.29. The van der Waals surface area contributed by atoms with Crippen LogP contribution in [0.4, 0.5) is 0 Å². The van der Waals surface area contributed by atoms with Crippen molar-refractivity contribution >= 4 is 15.9 Å². The minimum Gasteiger partial charge on any atom is -0.336 e. The molecule has 7 nitrogen and oxygen atoms in total. The Bertz CT molecular complexity index is 504. The lowest BCUT2D eigenvalue weighted by Gasteiger charge is -2.41. The van der Waals surface area contributed by atoms with Crippen LogP contribution in [0.2, 0.25) is 0 Å². The highest BCUT2D eigenvalue weighted by Gasteiger charge is 2.38. The smallest absolute Gasteiger partial charge is 0.236 e. The van der Waals surface area contributed by atoms with E-state index in [1.54, 1.807) is 4.31 Å². The molecule has 0 spiro atoms. The number of nitrogens with one attached hydrogen (secondary N) is 2. The van der Waals surface area contributed by atoms with Crippen molar-refractivity contribution in [3.63, 3.8) is 0 Å². The van der Waals surface area contributed by atoms with E-state index in [4.69, 9.17) is 0 Å². The van der Waals surface area contributed by atoms with E-state index in [1.807, 2.05) is 4.90 Å². The summed E-state index contributed by atoms with van der Waals surface area (Å²) in [5.41, 5.74) is 0. The zero-order valence-electron chi connectivity index (χ0n) is 13.0. The highest BCUT2D eigenvalue weighted by molar-refractivity contribution is 7.89. The lowest BCUT2D eigenvalue weighted by atomic mass is 10.1. The van der Waals surface area contributed by atoms with E-state index >= 15 is 0 Å². The molecule has 3 aliphatic rings. The molecule has 3 aliphatic heterocycles. The van der Waals surface area contributed by atoms with Gasteiger partial charge in [-0.15, -0.1) is 0 Å². The first-order valence-corrected chi connectivity index (χ1v) is 9.79. The van der Waals surface area contributed by atoms with Crippen LogP contribution in [0.3, 0.4) is 0 Å². The molecule has 126 valence electrons. The highest BCUT2D eigenvalue weighted by Crippen LogP contribution is 2.23. The van der Waals surface area contributed by atoms with Gasteiger partial charge in [-0.05, 0) is 32.2 Å². The lowest BCUT2D eigenvalue weighted by molar-refractivity contribution is -0.135. The summed E-state index contributed by atoms with van der Waals surface area (Å²) in [6, 6.07) is 0.0367. The molecule has 2 N–H and O–H groups in total. The van der Waals surface area contributed by atoms with Gasteiger partial charge in [0, 0.05) is 38.8 Å². The van der Waals surface area contributed by atoms with Crippen LogP contribution >= 0.6 is 0 Å². The van der Waals surface area contributed by atoms with Crippen molar-refractivity contribution in [2.75, 3.05) is 45.8 Å². The van der Waals surface area contributed by atoms with Crippen LogP contribution in [-0.4, -0.2) is 80.6 Å². The Morgan fingerprint density at radius 1 is 1.05 bits per heavy atom. The number of rotatable bonds is 3. The van der Waals surface area contributed by atoms with Crippen LogP contribution in [0.25, 0.3) is 0 Å². The van der Waals surface area contributed by atoms with E-state index in [2.05, 4.69) is 10.6 Å². The van der Waals surface area contributed by atoms with Crippen molar-refractivity contribution in [1.29, 1.82) is 0 Å². The van der Waals surface area contributed by atoms with Crippen LogP contribution in [-0.2, 0) is 14.8 Å². The Morgan fingerprint density at radius 3 is 2.64 bits per heavy atom. The van der Waals surface area contributed by atoms with Crippen molar-refractivity contribution in [3.05, 3.63) is 0 Å². The van der Waals surface area contributed by atoms with Crippen LogP contribution in [0.1, 0.15) is 25.7 Å². The van der Waals surface area contributed by atoms with Gasteiger partial charge < -0.3 is 15.5 Å². The Kier molecular flexibility index (Phi) is 5.01. The summed E-state index contributed by atoms with van der Waals surface area (Å²) in [6.45, 7) is 4.36. The molecule has 2 unspecified atom stereocenters. The number of sulfonamides is 1. The second-order valence-corrected chi connectivity index (χ2v) is 8.64. The molecule has 0 aromatic heterocycles. The van der Waals surface area contributed by atoms with Crippen LogP contribution in [0.15, 0.2) is 0 Å². The molecule has 0 radical (unpaired) electrons. The first kappa shape index (κ1) is 16.2. The number of hydrogen-bond acceptors (Lipinski definition) is 5. The predicted molar refractivity (Wildman–Crippen MR) is 84.0 cm³/mol. The minimum absolute atomic E-state index is 0.0367. The van der Waals surface area contributed by atoms with E-state index in [0.717, 1.165) is 38.8 Å². The number of amides is 1. The summed E-state index contributed by atoms with van der Waals surface area (Å²) in [5, 5.41) is 5.94. The second-order valence-electron chi connectivity index (χ2n) is 6.43. The van der Waals surface area contributed by atoms with Gasteiger partial charge in [-0.3, -0.25) is 4.79 Å². The monoisotopic (exact) mass is 330 g/mol. The molecule has 3 heterocycles. The summed E-state index contributed by atoms with van der Waals surface area (Å²) in [7, 11) is -3.26. The van der Waals surface area contributed by atoms with Crippen molar-refractivity contribution < 1.29 is 13.2 Å². The maximum atomic E-state index is 12.8. The average molecular weight is 330 g/mol. The van der Waals surface area contributed by atoms with Crippen LogP contribution in [0.5, 0.6) is 0 Å². The van der Waals surface area contributed by atoms with Crippen molar-refractivity contribution in [3.8, 4) is 0 Å². The number of piperidine rings is 2. The quantitative estimate of drug-likeness (QED) is 0.691. The second kappa shape index (κ2) is 6.82. The normalized spacial score (nSPS) is 32.2. The third kappa shape index (κ3) is 3.29. The highest BCUT2D eigenvalue weighted by atomic mass is 32.2. The molecule has 0 aliphatic carbocycles. The zero-order valence-corrected chi connectivity index (χ0v) is 13.8. The number of nitrogens with zero attached hydrogens (tertiary/aromatic N) is 2. The zero-order chi connectivity index (χ0) is 15.6. The summed E-state index contributed by atoms with van der Waals surface area (Å²) >= 11 is 0. The fourth-order valence-electron chi connectivity index (χ4n) is 3.70. The van der Waals surface area contributed by atoms with E-state index in [9.17, 15) is 13.2 Å². The number of carbonyl (C=O) groups excluding carboxylic acids is 1. The van der Waals surface area contributed by atoms with Gasteiger partial charge in [0.2, 0.25) is 15.9 Å². The van der Waals surface area contributed by atoms with Gasteiger partial charge in [-0.25, -0.2) is 8.42 Å². The van der Waals surface area contributed by atoms with Gasteiger partial charge in [0.25, 0.3) is 0 Å². The van der Waals surface area contributed by atoms with Gasteiger partial charge in [0.15, 0.2) is 0 Å².